The molecule has 0 aromatic carbocycles. The number of nitrogens with zero attached hydrogens (tertiary/aromatic N) is 1. The largest absolute Gasteiger partial charge is 0.380 e. The summed E-state index contributed by atoms with van der Waals surface area (Å²) >= 11 is 0. The minimum Gasteiger partial charge on any atom is -0.380 e. The van der Waals surface area contributed by atoms with E-state index in [1.54, 1.807) is 7.11 Å². The number of methoxy groups -OCH3 is 1. The molecule has 3 N–H and O–H groups in total. The third kappa shape index (κ3) is 3.41. The van der Waals surface area contributed by atoms with Gasteiger partial charge >= 0.3 is 0 Å². The van der Waals surface area contributed by atoms with Gasteiger partial charge in [-0.25, -0.2) is 5.84 Å². The maximum Gasteiger partial charge on any atom is 0.263 e. The van der Waals surface area contributed by atoms with E-state index in [0.717, 1.165) is 45.3 Å². The Hall–Kier alpha value is -0.690. The number of hydrazine groups is 1. The summed E-state index contributed by atoms with van der Waals surface area (Å²) < 4.78 is 11.1. The van der Waals surface area contributed by atoms with Crippen molar-refractivity contribution >= 4 is 5.91 Å². The van der Waals surface area contributed by atoms with E-state index in [2.05, 4.69) is 10.3 Å². The summed E-state index contributed by atoms with van der Waals surface area (Å²) in [4.78, 5) is 13.7. The van der Waals surface area contributed by atoms with Crippen LogP contribution < -0.4 is 11.3 Å². The highest BCUT2D eigenvalue weighted by atomic mass is 16.5. The van der Waals surface area contributed by atoms with Gasteiger partial charge in [-0.05, 0) is 32.2 Å². The molecule has 2 aliphatic rings. The summed E-state index contributed by atoms with van der Waals surface area (Å²) in [5.74, 6) is 4.89. The van der Waals surface area contributed by atoms with Crippen LogP contribution in [0.4, 0.5) is 0 Å². The quantitative estimate of drug-likeness (QED) is 0.408. The predicted molar refractivity (Wildman–Crippen MR) is 66.7 cm³/mol. The van der Waals surface area contributed by atoms with Gasteiger partial charge in [-0.1, -0.05) is 0 Å². The maximum absolute atomic E-state index is 11.4. The van der Waals surface area contributed by atoms with Crippen LogP contribution in [0.15, 0.2) is 0 Å². The van der Waals surface area contributed by atoms with Crippen molar-refractivity contribution in [3.63, 3.8) is 0 Å². The summed E-state index contributed by atoms with van der Waals surface area (Å²) in [6.45, 7) is 2.94. The standard InChI is InChI=1S/C12H23N3O3/c1-17-9-3-2-6-15(7-9)8-10-4-5-11(18-10)12(16)14-13/h9-11H,2-8,13H2,1H3,(H,14,16). The Labute approximate surface area is 108 Å². The zero-order valence-electron chi connectivity index (χ0n) is 10.9. The summed E-state index contributed by atoms with van der Waals surface area (Å²) in [7, 11) is 1.77. The zero-order chi connectivity index (χ0) is 13.0. The molecule has 18 heavy (non-hydrogen) atoms. The minimum absolute atomic E-state index is 0.142. The molecule has 0 aromatic rings. The summed E-state index contributed by atoms with van der Waals surface area (Å²) in [5.41, 5.74) is 2.15. The fourth-order valence-electron chi connectivity index (χ4n) is 2.79. The smallest absolute Gasteiger partial charge is 0.263 e. The molecule has 6 heteroatoms. The number of hydrogen-bond donors (Lipinski definition) is 2. The average Bonchev–Trinajstić information content (AvgIpc) is 2.86. The van der Waals surface area contributed by atoms with Crippen LogP contribution in [-0.2, 0) is 14.3 Å². The third-order valence-corrected chi connectivity index (χ3v) is 3.80. The van der Waals surface area contributed by atoms with E-state index >= 15 is 0 Å². The number of nitrogens with two attached hydrogens (primary N) is 1. The van der Waals surface area contributed by atoms with Crippen molar-refractivity contribution in [3.05, 3.63) is 0 Å². The van der Waals surface area contributed by atoms with Gasteiger partial charge in [0.1, 0.15) is 6.10 Å². The van der Waals surface area contributed by atoms with E-state index in [0.29, 0.717) is 6.10 Å². The summed E-state index contributed by atoms with van der Waals surface area (Å²) in [6, 6.07) is 0. The molecule has 1 amide bonds. The van der Waals surface area contributed by atoms with E-state index in [1.807, 2.05) is 0 Å². The van der Waals surface area contributed by atoms with E-state index in [-0.39, 0.29) is 18.1 Å². The Balaban J connectivity index is 1.75. The van der Waals surface area contributed by atoms with Crippen LogP contribution in [0.5, 0.6) is 0 Å². The second-order valence-electron chi connectivity index (χ2n) is 5.09. The topological polar surface area (TPSA) is 76.8 Å². The van der Waals surface area contributed by atoms with Gasteiger partial charge < -0.3 is 9.47 Å². The molecule has 6 nitrogen and oxygen atoms in total. The SMILES string of the molecule is COC1CCCN(CC2CCC(C(=O)NN)O2)C1. The van der Waals surface area contributed by atoms with Crippen LogP contribution in [0, 0.1) is 0 Å². The fourth-order valence-corrected chi connectivity index (χ4v) is 2.79. The van der Waals surface area contributed by atoms with Gasteiger partial charge in [0.25, 0.3) is 5.91 Å². The van der Waals surface area contributed by atoms with Crippen molar-refractivity contribution < 1.29 is 14.3 Å². The van der Waals surface area contributed by atoms with Gasteiger partial charge in [-0.15, -0.1) is 0 Å². The van der Waals surface area contributed by atoms with Gasteiger partial charge in [-0.3, -0.25) is 15.1 Å². The molecule has 0 bridgehead atoms. The number of hydrogen-bond acceptors (Lipinski definition) is 5. The molecule has 3 unspecified atom stereocenters. The van der Waals surface area contributed by atoms with Gasteiger partial charge in [0.15, 0.2) is 0 Å². The molecule has 0 radical (unpaired) electrons. The van der Waals surface area contributed by atoms with Crippen LogP contribution in [0.25, 0.3) is 0 Å². The first kappa shape index (κ1) is 13.7. The van der Waals surface area contributed by atoms with Crippen molar-refractivity contribution in [2.75, 3.05) is 26.7 Å². The number of piperidine rings is 1. The second-order valence-corrected chi connectivity index (χ2v) is 5.09. The Morgan fingerprint density at radius 3 is 3.06 bits per heavy atom. The summed E-state index contributed by atoms with van der Waals surface area (Å²) in [5, 5.41) is 0. The van der Waals surface area contributed by atoms with Crippen molar-refractivity contribution in [2.24, 2.45) is 5.84 Å². The van der Waals surface area contributed by atoms with Crippen molar-refractivity contribution in [2.45, 2.75) is 44.0 Å². The fraction of sp³-hybridized carbons (Fsp3) is 0.917. The first-order valence-corrected chi connectivity index (χ1v) is 6.64. The number of ether oxygens (including phenoxy) is 2. The Bertz CT molecular complexity index is 288. The number of amides is 1. The molecule has 0 spiro atoms. The molecule has 0 aliphatic carbocycles. The monoisotopic (exact) mass is 257 g/mol. The molecule has 0 aromatic heterocycles. The summed E-state index contributed by atoms with van der Waals surface area (Å²) in [6.07, 6.45) is 4.09. The van der Waals surface area contributed by atoms with E-state index in [4.69, 9.17) is 15.3 Å². The van der Waals surface area contributed by atoms with E-state index in [1.165, 1.54) is 0 Å². The first-order valence-electron chi connectivity index (χ1n) is 6.64. The zero-order valence-corrected chi connectivity index (χ0v) is 10.9. The second kappa shape index (κ2) is 6.47. The van der Waals surface area contributed by atoms with Gasteiger partial charge in [0.05, 0.1) is 12.2 Å². The number of likely N-dealkylation sites (tertiary alicyclic amines) is 1. The van der Waals surface area contributed by atoms with E-state index in [9.17, 15) is 4.79 Å². The molecule has 2 saturated heterocycles. The number of rotatable bonds is 4. The van der Waals surface area contributed by atoms with Gasteiger partial charge in [0.2, 0.25) is 0 Å². The lowest BCUT2D eigenvalue weighted by Crippen LogP contribution is -2.44. The Morgan fingerprint density at radius 2 is 2.33 bits per heavy atom. The van der Waals surface area contributed by atoms with Crippen molar-refractivity contribution in [1.82, 2.24) is 10.3 Å². The van der Waals surface area contributed by atoms with Crippen LogP contribution in [-0.4, -0.2) is 55.9 Å². The van der Waals surface area contributed by atoms with Crippen LogP contribution >= 0.6 is 0 Å². The molecule has 0 saturated carbocycles. The maximum atomic E-state index is 11.4. The van der Waals surface area contributed by atoms with Gasteiger partial charge in [0, 0.05) is 20.2 Å². The molecule has 2 fully saturated rings. The minimum atomic E-state index is -0.372. The molecule has 2 rings (SSSR count). The third-order valence-electron chi connectivity index (χ3n) is 3.80. The van der Waals surface area contributed by atoms with Crippen LogP contribution in [0.2, 0.25) is 0 Å². The normalized spacial score (nSPS) is 33.6. The molecule has 3 atom stereocenters. The molecule has 2 heterocycles. The number of carbonyl (C=O) groups excluding carboxylic acids is 1. The van der Waals surface area contributed by atoms with Crippen molar-refractivity contribution in [1.29, 1.82) is 0 Å². The Kier molecular flexibility index (Phi) is 4.94. The predicted octanol–water partition coefficient (Wildman–Crippen LogP) is -0.365. The van der Waals surface area contributed by atoms with Crippen LogP contribution in [0.3, 0.4) is 0 Å². The number of carbonyl (C=O) groups is 1. The first-order chi connectivity index (χ1) is 8.72. The lowest BCUT2D eigenvalue weighted by atomic mass is 10.1. The molecular weight excluding hydrogens is 234 g/mol. The highest BCUT2D eigenvalue weighted by Gasteiger charge is 2.32. The van der Waals surface area contributed by atoms with E-state index < -0.39 is 0 Å². The van der Waals surface area contributed by atoms with Crippen molar-refractivity contribution in [3.8, 4) is 0 Å². The van der Waals surface area contributed by atoms with Gasteiger partial charge in [-0.2, -0.15) is 0 Å². The molecule has 104 valence electrons. The molecule has 2 aliphatic heterocycles. The lowest BCUT2D eigenvalue weighted by Gasteiger charge is -2.33. The highest BCUT2D eigenvalue weighted by molar-refractivity contribution is 5.80. The lowest BCUT2D eigenvalue weighted by molar-refractivity contribution is -0.132. The Morgan fingerprint density at radius 1 is 1.50 bits per heavy atom. The van der Waals surface area contributed by atoms with Crippen LogP contribution in [0.1, 0.15) is 25.7 Å². The molecular formula is C12H23N3O3. The number of nitrogens with one attached hydrogen (secondary N) is 1. The average molecular weight is 257 g/mol. The highest BCUT2D eigenvalue weighted by Crippen LogP contribution is 2.22.